The maximum absolute atomic E-state index is 10.8. The highest BCUT2D eigenvalue weighted by atomic mass is 16.5. The number of ether oxygens (including phenoxy) is 1. The number of amides is 2. The average molecular weight is 186 g/mol. The number of rotatable bonds is 3. The molecule has 2 N–H and O–H groups in total. The fraction of sp³-hybridized carbons (Fsp3) is 0.889. The minimum atomic E-state index is -0.287. The average Bonchev–Trinajstić information content (AvgIpc) is 2.15. The van der Waals surface area contributed by atoms with Crippen molar-refractivity contribution >= 4 is 6.03 Å². The second-order valence-corrected chi connectivity index (χ2v) is 3.55. The van der Waals surface area contributed by atoms with E-state index in [2.05, 4.69) is 0 Å². The number of hydrogen-bond acceptors (Lipinski definition) is 2. The number of nitrogens with zero attached hydrogens (tertiary/aromatic N) is 1. The fourth-order valence-corrected chi connectivity index (χ4v) is 1.73. The van der Waals surface area contributed by atoms with Crippen molar-refractivity contribution in [1.82, 2.24) is 4.90 Å². The molecule has 1 aliphatic heterocycles. The van der Waals surface area contributed by atoms with Gasteiger partial charge in [0.25, 0.3) is 0 Å². The summed E-state index contributed by atoms with van der Waals surface area (Å²) in [6.07, 6.45) is 3.22. The molecule has 0 aromatic carbocycles. The monoisotopic (exact) mass is 186 g/mol. The van der Waals surface area contributed by atoms with E-state index < -0.39 is 0 Å². The normalized spacial score (nSPS) is 19.0. The molecule has 13 heavy (non-hydrogen) atoms. The molecule has 0 saturated carbocycles. The standard InChI is InChI=1S/C9H18N2O2/c1-13-7-4-8-2-5-11(6-3-8)9(10)12/h8H,2-7H2,1H3,(H2,10,12). The van der Waals surface area contributed by atoms with Crippen LogP contribution < -0.4 is 5.73 Å². The number of nitrogens with two attached hydrogens (primary N) is 1. The number of carbonyl (C=O) groups is 1. The molecule has 76 valence electrons. The number of primary amides is 1. The second-order valence-electron chi connectivity index (χ2n) is 3.55. The Morgan fingerprint density at radius 2 is 2.15 bits per heavy atom. The molecular weight excluding hydrogens is 168 g/mol. The van der Waals surface area contributed by atoms with Gasteiger partial charge in [-0.3, -0.25) is 0 Å². The Kier molecular flexibility index (Phi) is 4.02. The van der Waals surface area contributed by atoms with Crippen LogP contribution in [0.25, 0.3) is 0 Å². The zero-order chi connectivity index (χ0) is 9.68. The summed E-state index contributed by atoms with van der Waals surface area (Å²) in [5, 5.41) is 0. The van der Waals surface area contributed by atoms with Crippen LogP contribution in [0.1, 0.15) is 19.3 Å². The quantitative estimate of drug-likeness (QED) is 0.709. The largest absolute Gasteiger partial charge is 0.385 e. The zero-order valence-corrected chi connectivity index (χ0v) is 8.16. The van der Waals surface area contributed by atoms with Gasteiger partial charge in [-0.05, 0) is 25.2 Å². The van der Waals surface area contributed by atoms with Gasteiger partial charge in [0.15, 0.2) is 0 Å². The molecule has 1 heterocycles. The predicted octanol–water partition coefficient (Wildman–Crippen LogP) is 0.814. The molecule has 0 aromatic rings. The van der Waals surface area contributed by atoms with E-state index >= 15 is 0 Å². The molecule has 4 heteroatoms. The fourth-order valence-electron chi connectivity index (χ4n) is 1.73. The first-order valence-corrected chi connectivity index (χ1v) is 4.77. The third-order valence-electron chi connectivity index (χ3n) is 2.66. The van der Waals surface area contributed by atoms with E-state index in [1.807, 2.05) is 0 Å². The molecule has 1 rings (SSSR count). The summed E-state index contributed by atoms with van der Waals surface area (Å²) in [6, 6.07) is -0.287. The minimum absolute atomic E-state index is 0.287. The topological polar surface area (TPSA) is 55.6 Å². The first-order chi connectivity index (χ1) is 6.24. The molecule has 0 bridgehead atoms. The van der Waals surface area contributed by atoms with Crippen LogP contribution in [0, 0.1) is 5.92 Å². The van der Waals surface area contributed by atoms with Crippen LogP contribution in [0.3, 0.4) is 0 Å². The summed E-state index contributed by atoms with van der Waals surface area (Å²) >= 11 is 0. The Morgan fingerprint density at radius 3 is 2.62 bits per heavy atom. The van der Waals surface area contributed by atoms with E-state index in [9.17, 15) is 4.79 Å². The Morgan fingerprint density at radius 1 is 1.54 bits per heavy atom. The van der Waals surface area contributed by atoms with Crippen molar-refractivity contribution in [2.45, 2.75) is 19.3 Å². The minimum Gasteiger partial charge on any atom is -0.385 e. The molecule has 2 amide bonds. The van der Waals surface area contributed by atoms with Gasteiger partial charge in [-0.1, -0.05) is 0 Å². The van der Waals surface area contributed by atoms with Crippen molar-refractivity contribution in [2.75, 3.05) is 26.8 Å². The van der Waals surface area contributed by atoms with Crippen LogP contribution in [-0.2, 0) is 4.74 Å². The van der Waals surface area contributed by atoms with Gasteiger partial charge < -0.3 is 15.4 Å². The van der Waals surface area contributed by atoms with E-state index in [-0.39, 0.29) is 6.03 Å². The summed E-state index contributed by atoms with van der Waals surface area (Å²) in [4.78, 5) is 12.5. The highest BCUT2D eigenvalue weighted by Crippen LogP contribution is 2.19. The van der Waals surface area contributed by atoms with Crippen molar-refractivity contribution in [3.63, 3.8) is 0 Å². The first kappa shape index (κ1) is 10.3. The van der Waals surface area contributed by atoms with Crippen LogP contribution in [0.4, 0.5) is 4.79 Å². The lowest BCUT2D eigenvalue weighted by atomic mass is 9.94. The summed E-state index contributed by atoms with van der Waals surface area (Å²) < 4.78 is 5.01. The second kappa shape index (κ2) is 5.07. The Labute approximate surface area is 79.0 Å². The third kappa shape index (κ3) is 3.22. The van der Waals surface area contributed by atoms with Crippen LogP contribution in [0.5, 0.6) is 0 Å². The van der Waals surface area contributed by atoms with Gasteiger partial charge >= 0.3 is 6.03 Å². The van der Waals surface area contributed by atoms with E-state index in [1.165, 1.54) is 0 Å². The van der Waals surface area contributed by atoms with Crippen molar-refractivity contribution in [3.8, 4) is 0 Å². The molecule has 0 aliphatic carbocycles. The highest BCUT2D eigenvalue weighted by Gasteiger charge is 2.20. The van der Waals surface area contributed by atoms with Crippen molar-refractivity contribution < 1.29 is 9.53 Å². The Hall–Kier alpha value is -0.770. The maximum atomic E-state index is 10.8. The molecule has 0 atom stereocenters. The molecule has 1 fully saturated rings. The predicted molar refractivity (Wildman–Crippen MR) is 50.4 cm³/mol. The number of piperidine rings is 1. The molecule has 1 saturated heterocycles. The smallest absolute Gasteiger partial charge is 0.314 e. The zero-order valence-electron chi connectivity index (χ0n) is 8.16. The van der Waals surface area contributed by atoms with Crippen molar-refractivity contribution in [1.29, 1.82) is 0 Å². The van der Waals surface area contributed by atoms with Gasteiger partial charge in [0.05, 0.1) is 0 Å². The SMILES string of the molecule is COCCC1CCN(C(N)=O)CC1. The number of hydrogen-bond donors (Lipinski definition) is 1. The van der Waals surface area contributed by atoms with Gasteiger partial charge in [0.2, 0.25) is 0 Å². The van der Waals surface area contributed by atoms with Crippen LogP contribution in [0.2, 0.25) is 0 Å². The number of carbonyl (C=O) groups excluding carboxylic acids is 1. The lowest BCUT2D eigenvalue weighted by molar-refractivity contribution is 0.143. The Balaban J connectivity index is 2.18. The molecule has 4 nitrogen and oxygen atoms in total. The number of methoxy groups -OCH3 is 1. The summed E-state index contributed by atoms with van der Waals surface area (Å²) in [7, 11) is 1.72. The molecule has 1 aliphatic rings. The summed E-state index contributed by atoms with van der Waals surface area (Å²) in [5.41, 5.74) is 5.18. The van der Waals surface area contributed by atoms with Gasteiger partial charge in [0.1, 0.15) is 0 Å². The molecule has 0 spiro atoms. The van der Waals surface area contributed by atoms with Gasteiger partial charge in [-0.15, -0.1) is 0 Å². The third-order valence-corrected chi connectivity index (χ3v) is 2.66. The van der Waals surface area contributed by atoms with Crippen LogP contribution >= 0.6 is 0 Å². The lowest BCUT2D eigenvalue weighted by Gasteiger charge is -2.30. The van der Waals surface area contributed by atoms with Crippen LogP contribution in [0.15, 0.2) is 0 Å². The molecule has 0 aromatic heterocycles. The number of likely N-dealkylation sites (tertiary alicyclic amines) is 1. The van der Waals surface area contributed by atoms with Gasteiger partial charge in [-0.25, -0.2) is 4.79 Å². The van der Waals surface area contributed by atoms with Crippen molar-refractivity contribution in [2.24, 2.45) is 11.7 Å². The molecule has 0 unspecified atom stereocenters. The maximum Gasteiger partial charge on any atom is 0.314 e. The van der Waals surface area contributed by atoms with Crippen molar-refractivity contribution in [3.05, 3.63) is 0 Å². The van der Waals surface area contributed by atoms with E-state index in [4.69, 9.17) is 10.5 Å². The Bertz CT molecular complexity index is 165. The van der Waals surface area contributed by atoms with Gasteiger partial charge in [-0.2, -0.15) is 0 Å². The van der Waals surface area contributed by atoms with E-state index in [0.717, 1.165) is 39.0 Å². The van der Waals surface area contributed by atoms with Crippen LogP contribution in [-0.4, -0.2) is 37.7 Å². The number of urea groups is 1. The molecule has 0 radical (unpaired) electrons. The highest BCUT2D eigenvalue weighted by molar-refractivity contribution is 5.72. The van der Waals surface area contributed by atoms with Gasteiger partial charge in [0, 0.05) is 26.8 Å². The van der Waals surface area contributed by atoms with E-state index in [1.54, 1.807) is 12.0 Å². The summed E-state index contributed by atoms with van der Waals surface area (Å²) in [5.74, 6) is 0.704. The lowest BCUT2D eigenvalue weighted by Crippen LogP contribution is -2.41. The summed E-state index contributed by atoms with van der Waals surface area (Å²) in [6.45, 7) is 2.44. The first-order valence-electron chi connectivity index (χ1n) is 4.77. The molecular formula is C9H18N2O2. The van der Waals surface area contributed by atoms with E-state index in [0.29, 0.717) is 5.92 Å².